The highest BCUT2D eigenvalue weighted by atomic mass is 15.1. The van der Waals surface area contributed by atoms with E-state index in [0.717, 1.165) is 29.0 Å². The van der Waals surface area contributed by atoms with Crippen LogP contribution >= 0.6 is 0 Å². The molecule has 0 spiro atoms. The van der Waals surface area contributed by atoms with Gasteiger partial charge in [0, 0.05) is 12.1 Å². The van der Waals surface area contributed by atoms with Crippen LogP contribution in [-0.2, 0) is 6.42 Å². The summed E-state index contributed by atoms with van der Waals surface area (Å²) >= 11 is 0. The molecule has 0 unspecified atom stereocenters. The molecule has 2 nitrogen and oxygen atoms in total. The maximum absolute atomic E-state index is 4.94. The summed E-state index contributed by atoms with van der Waals surface area (Å²) in [7, 11) is 0. The predicted molar refractivity (Wildman–Crippen MR) is 207 cm³/mol. The fraction of sp³-hybridized carbons (Fsp3) is 0.0426. The normalized spacial score (nSPS) is 11.4. The van der Waals surface area contributed by atoms with Gasteiger partial charge in [-0.25, -0.2) is 4.98 Å². The molecular formula is C47H34N2. The molecule has 0 radical (unpaired) electrons. The number of rotatable bonds is 6. The van der Waals surface area contributed by atoms with E-state index in [1.54, 1.807) is 0 Å². The van der Waals surface area contributed by atoms with E-state index in [4.69, 9.17) is 4.98 Å². The second-order valence-corrected chi connectivity index (χ2v) is 12.6. The van der Waals surface area contributed by atoms with Crippen molar-refractivity contribution in [3.05, 3.63) is 182 Å². The molecule has 2 heteroatoms. The Morgan fingerprint density at radius 2 is 0.857 bits per heavy atom. The number of benzene rings is 8. The minimum Gasteiger partial charge on any atom is -0.296 e. The van der Waals surface area contributed by atoms with Crippen LogP contribution in [0.1, 0.15) is 12.7 Å². The number of aryl methyl sites for hydroxylation is 1. The average Bonchev–Trinajstić information content (AvgIpc) is 3.56. The van der Waals surface area contributed by atoms with Crippen molar-refractivity contribution in [2.24, 2.45) is 0 Å². The van der Waals surface area contributed by atoms with Gasteiger partial charge in [0.2, 0.25) is 0 Å². The van der Waals surface area contributed by atoms with Gasteiger partial charge in [0.25, 0.3) is 0 Å². The predicted octanol–water partition coefficient (Wildman–Crippen LogP) is 12.6. The quantitative estimate of drug-likeness (QED) is 0.168. The molecule has 0 amide bonds. The van der Waals surface area contributed by atoms with Crippen LogP contribution in [0.3, 0.4) is 0 Å². The largest absolute Gasteiger partial charge is 0.296 e. The van der Waals surface area contributed by atoms with Crippen LogP contribution in [0.2, 0.25) is 0 Å². The first-order valence-corrected chi connectivity index (χ1v) is 17.0. The van der Waals surface area contributed by atoms with Gasteiger partial charge in [0.15, 0.2) is 0 Å². The Kier molecular flexibility index (Phi) is 7.13. The van der Waals surface area contributed by atoms with Crippen LogP contribution in [0, 0.1) is 0 Å². The molecule has 0 fully saturated rings. The van der Waals surface area contributed by atoms with E-state index in [9.17, 15) is 0 Å². The highest BCUT2D eigenvalue weighted by Crippen LogP contribution is 2.46. The fourth-order valence-corrected chi connectivity index (χ4v) is 7.45. The lowest BCUT2D eigenvalue weighted by Gasteiger charge is -2.20. The smallest absolute Gasteiger partial charge is 0.114 e. The first kappa shape index (κ1) is 28.9. The molecule has 0 aliphatic rings. The third-order valence-corrected chi connectivity index (χ3v) is 9.75. The van der Waals surface area contributed by atoms with Crippen LogP contribution < -0.4 is 0 Å². The summed E-state index contributed by atoms with van der Waals surface area (Å²) in [6, 6.07) is 63.8. The lowest BCUT2D eigenvalue weighted by atomic mass is 9.84. The molecule has 0 bridgehead atoms. The third kappa shape index (κ3) is 5.01. The Labute approximate surface area is 286 Å². The van der Waals surface area contributed by atoms with Crippen molar-refractivity contribution < 1.29 is 0 Å². The average molecular weight is 627 g/mol. The summed E-state index contributed by atoms with van der Waals surface area (Å²) in [4.78, 5) is 4.94. The first-order chi connectivity index (χ1) is 24.3. The van der Waals surface area contributed by atoms with E-state index in [2.05, 4.69) is 187 Å². The van der Waals surface area contributed by atoms with Crippen LogP contribution in [0.15, 0.2) is 176 Å². The molecule has 9 aromatic rings. The maximum Gasteiger partial charge on any atom is 0.114 e. The first-order valence-electron chi connectivity index (χ1n) is 17.0. The molecule has 9 rings (SSSR count). The zero-order chi connectivity index (χ0) is 32.7. The second kappa shape index (κ2) is 12.1. The Bertz CT molecular complexity index is 2600. The Morgan fingerprint density at radius 1 is 0.408 bits per heavy atom. The van der Waals surface area contributed by atoms with Gasteiger partial charge in [-0.15, -0.1) is 0 Å². The summed E-state index contributed by atoms with van der Waals surface area (Å²) < 4.78 is 2.30. The summed E-state index contributed by atoms with van der Waals surface area (Å²) in [6.07, 6.45) is 0.860. The van der Waals surface area contributed by atoms with Gasteiger partial charge in [0.1, 0.15) is 5.82 Å². The minimum atomic E-state index is 0.860. The summed E-state index contributed by atoms with van der Waals surface area (Å²) in [6.45, 7) is 2.17. The summed E-state index contributed by atoms with van der Waals surface area (Å²) in [5, 5.41) is 4.98. The SMILES string of the molecule is CCc1nc2ccccc2n1-c1ccc(-c2c3ccc(-c4ccccc4)cc3c(-c3ccccc3)c3ccc(-c4ccccc4)cc23)cc1. The van der Waals surface area contributed by atoms with Crippen molar-refractivity contribution in [3.8, 4) is 50.2 Å². The van der Waals surface area contributed by atoms with Gasteiger partial charge in [-0.05, 0) is 102 Å². The zero-order valence-electron chi connectivity index (χ0n) is 27.3. The van der Waals surface area contributed by atoms with Crippen LogP contribution in [-0.4, -0.2) is 9.55 Å². The van der Waals surface area contributed by atoms with E-state index in [1.165, 1.54) is 66.1 Å². The number of hydrogen-bond acceptors (Lipinski definition) is 1. The number of fused-ring (bicyclic) bond motifs is 3. The van der Waals surface area contributed by atoms with Crippen molar-refractivity contribution in [2.75, 3.05) is 0 Å². The lowest BCUT2D eigenvalue weighted by molar-refractivity contribution is 0.908. The number of imidazole rings is 1. The van der Waals surface area contributed by atoms with Gasteiger partial charge < -0.3 is 0 Å². The van der Waals surface area contributed by atoms with Crippen molar-refractivity contribution in [2.45, 2.75) is 13.3 Å². The molecular weight excluding hydrogens is 593 g/mol. The Hall–Kier alpha value is -6.25. The minimum absolute atomic E-state index is 0.860. The van der Waals surface area contributed by atoms with Gasteiger partial charge in [-0.2, -0.15) is 0 Å². The number of para-hydroxylation sites is 2. The van der Waals surface area contributed by atoms with Crippen molar-refractivity contribution in [1.82, 2.24) is 9.55 Å². The lowest BCUT2D eigenvalue weighted by Crippen LogP contribution is -2.00. The Morgan fingerprint density at radius 3 is 1.39 bits per heavy atom. The molecule has 0 N–H and O–H groups in total. The van der Waals surface area contributed by atoms with Crippen LogP contribution in [0.4, 0.5) is 0 Å². The topological polar surface area (TPSA) is 17.8 Å². The molecule has 1 heterocycles. The van der Waals surface area contributed by atoms with Gasteiger partial charge in [-0.3, -0.25) is 4.57 Å². The molecule has 1 aromatic heterocycles. The molecule has 8 aromatic carbocycles. The van der Waals surface area contributed by atoms with Gasteiger partial charge in [-0.1, -0.05) is 146 Å². The highest BCUT2D eigenvalue weighted by Gasteiger charge is 2.19. The van der Waals surface area contributed by atoms with E-state index in [0.29, 0.717) is 0 Å². The molecule has 0 aliphatic carbocycles. The van der Waals surface area contributed by atoms with E-state index >= 15 is 0 Å². The summed E-state index contributed by atoms with van der Waals surface area (Å²) in [5.41, 5.74) is 13.1. The van der Waals surface area contributed by atoms with Crippen molar-refractivity contribution in [1.29, 1.82) is 0 Å². The van der Waals surface area contributed by atoms with E-state index < -0.39 is 0 Å². The molecule has 0 aliphatic heterocycles. The van der Waals surface area contributed by atoms with Crippen LogP contribution in [0.5, 0.6) is 0 Å². The molecule has 49 heavy (non-hydrogen) atoms. The molecule has 0 atom stereocenters. The second-order valence-electron chi connectivity index (χ2n) is 12.6. The third-order valence-electron chi connectivity index (χ3n) is 9.75. The Balaban J connectivity index is 1.34. The zero-order valence-corrected chi connectivity index (χ0v) is 27.3. The van der Waals surface area contributed by atoms with Crippen molar-refractivity contribution >= 4 is 32.6 Å². The van der Waals surface area contributed by atoms with Crippen LogP contribution in [0.25, 0.3) is 82.8 Å². The standard InChI is InChI=1S/C47H34N2/c1-2-45-48-43-20-12-13-21-44(43)49(45)38-26-22-35(23-27-38)47-40-29-25-36(32-14-6-3-7-15-32)30-41(40)46(34-18-10-5-11-19-34)39-28-24-37(31-42(39)47)33-16-8-4-9-17-33/h3-31H,2H2,1H3. The van der Waals surface area contributed by atoms with Crippen molar-refractivity contribution in [3.63, 3.8) is 0 Å². The maximum atomic E-state index is 4.94. The van der Waals surface area contributed by atoms with Gasteiger partial charge in [0.05, 0.1) is 11.0 Å². The highest BCUT2D eigenvalue weighted by molar-refractivity contribution is 6.22. The van der Waals surface area contributed by atoms with E-state index in [-0.39, 0.29) is 0 Å². The molecule has 0 saturated heterocycles. The molecule has 232 valence electrons. The molecule has 0 saturated carbocycles. The number of hydrogen-bond donors (Lipinski definition) is 0. The number of nitrogens with zero attached hydrogens (tertiary/aromatic N) is 2. The summed E-state index contributed by atoms with van der Waals surface area (Å²) in [5.74, 6) is 1.07. The number of aromatic nitrogens is 2. The van der Waals surface area contributed by atoms with Gasteiger partial charge >= 0.3 is 0 Å². The van der Waals surface area contributed by atoms with E-state index in [1.807, 2.05) is 0 Å². The fourth-order valence-electron chi connectivity index (χ4n) is 7.45. The monoisotopic (exact) mass is 626 g/mol.